The normalized spacial score (nSPS) is 8.83. The first kappa shape index (κ1) is 8.50. The molecule has 62 valence electrons. The summed E-state index contributed by atoms with van der Waals surface area (Å²) in [6, 6.07) is 5.40. The van der Waals surface area contributed by atoms with Crippen LogP contribution in [0.5, 0.6) is 5.75 Å². The zero-order valence-electron chi connectivity index (χ0n) is 7.00. The van der Waals surface area contributed by atoms with Gasteiger partial charge in [0.05, 0.1) is 7.11 Å². The lowest BCUT2D eigenvalue weighted by Gasteiger charge is -2.02. The van der Waals surface area contributed by atoms with E-state index >= 15 is 0 Å². The number of carbonyl (C=O) groups excluding carboxylic acids is 1. The van der Waals surface area contributed by atoms with Gasteiger partial charge in [-0.25, -0.2) is 4.79 Å². The lowest BCUT2D eigenvalue weighted by molar-refractivity contribution is 0.416. The quantitative estimate of drug-likeness (QED) is 0.494. The standard InChI is InChI=1S/C9H9NO2/c1-7-3-4-8(10-6-11)9(5-7)12-2/h3-5H,1-2H3. The third-order valence-electron chi connectivity index (χ3n) is 1.50. The predicted octanol–water partition coefficient (Wildman–Crippen LogP) is 1.97. The van der Waals surface area contributed by atoms with E-state index in [-0.39, 0.29) is 0 Å². The molecule has 0 amide bonds. The van der Waals surface area contributed by atoms with Gasteiger partial charge in [-0.1, -0.05) is 6.07 Å². The Bertz CT molecular complexity index is 327. The number of hydrogen-bond donors (Lipinski definition) is 0. The number of isocyanates is 1. The average molecular weight is 163 g/mol. The molecule has 1 rings (SSSR count). The molecule has 0 fully saturated rings. The predicted molar refractivity (Wildman–Crippen MR) is 45.5 cm³/mol. The van der Waals surface area contributed by atoms with Crippen LogP contribution in [0, 0.1) is 6.92 Å². The first-order valence-electron chi connectivity index (χ1n) is 3.50. The molecule has 3 nitrogen and oxygen atoms in total. The summed E-state index contributed by atoms with van der Waals surface area (Å²) in [6.45, 7) is 1.94. The molecule has 0 spiro atoms. The van der Waals surface area contributed by atoms with Crippen LogP contribution in [0.15, 0.2) is 23.2 Å². The lowest BCUT2D eigenvalue weighted by Crippen LogP contribution is -1.83. The maximum atomic E-state index is 9.98. The van der Waals surface area contributed by atoms with Gasteiger partial charge in [0.1, 0.15) is 11.4 Å². The first-order valence-corrected chi connectivity index (χ1v) is 3.50. The van der Waals surface area contributed by atoms with Crippen molar-refractivity contribution in [3.63, 3.8) is 0 Å². The lowest BCUT2D eigenvalue weighted by atomic mass is 10.2. The average Bonchev–Trinajstić information content (AvgIpc) is 2.08. The van der Waals surface area contributed by atoms with Crippen LogP contribution in [0.1, 0.15) is 5.56 Å². The van der Waals surface area contributed by atoms with Gasteiger partial charge in [-0.2, -0.15) is 4.99 Å². The number of aryl methyl sites for hydroxylation is 1. The fourth-order valence-electron chi connectivity index (χ4n) is 0.926. The van der Waals surface area contributed by atoms with Gasteiger partial charge >= 0.3 is 0 Å². The topological polar surface area (TPSA) is 38.7 Å². The number of aliphatic imine (C=N–C) groups is 1. The first-order chi connectivity index (χ1) is 5.77. The molecule has 0 aromatic heterocycles. The maximum absolute atomic E-state index is 9.98. The largest absolute Gasteiger partial charge is 0.494 e. The maximum Gasteiger partial charge on any atom is 0.240 e. The zero-order valence-corrected chi connectivity index (χ0v) is 7.00. The van der Waals surface area contributed by atoms with Crippen molar-refractivity contribution in [1.82, 2.24) is 0 Å². The fraction of sp³-hybridized carbons (Fsp3) is 0.222. The van der Waals surface area contributed by atoms with Crippen molar-refractivity contribution < 1.29 is 9.53 Å². The van der Waals surface area contributed by atoms with E-state index in [0.29, 0.717) is 11.4 Å². The molecule has 0 heterocycles. The highest BCUT2D eigenvalue weighted by Crippen LogP contribution is 2.27. The number of methoxy groups -OCH3 is 1. The van der Waals surface area contributed by atoms with Crippen LogP contribution in [-0.4, -0.2) is 13.2 Å². The number of rotatable bonds is 2. The van der Waals surface area contributed by atoms with E-state index in [1.54, 1.807) is 13.2 Å². The van der Waals surface area contributed by atoms with Crippen LogP contribution >= 0.6 is 0 Å². The summed E-state index contributed by atoms with van der Waals surface area (Å²) >= 11 is 0. The van der Waals surface area contributed by atoms with E-state index in [4.69, 9.17) is 4.74 Å². The van der Waals surface area contributed by atoms with E-state index < -0.39 is 0 Å². The van der Waals surface area contributed by atoms with E-state index in [0.717, 1.165) is 5.56 Å². The Kier molecular flexibility index (Phi) is 2.62. The van der Waals surface area contributed by atoms with E-state index in [2.05, 4.69) is 4.99 Å². The molecule has 0 unspecified atom stereocenters. The Morgan fingerprint density at radius 3 is 2.83 bits per heavy atom. The molecule has 0 radical (unpaired) electrons. The van der Waals surface area contributed by atoms with Crippen molar-refractivity contribution >= 4 is 11.8 Å². The second kappa shape index (κ2) is 3.69. The fourth-order valence-corrected chi connectivity index (χ4v) is 0.926. The van der Waals surface area contributed by atoms with Crippen LogP contribution < -0.4 is 4.74 Å². The van der Waals surface area contributed by atoms with Crippen molar-refractivity contribution in [3.8, 4) is 5.75 Å². The highest BCUT2D eigenvalue weighted by Gasteiger charge is 1.99. The minimum Gasteiger partial charge on any atom is -0.494 e. The molecule has 0 saturated heterocycles. The van der Waals surface area contributed by atoms with Crippen LogP contribution in [0.3, 0.4) is 0 Å². The van der Waals surface area contributed by atoms with Gasteiger partial charge in [-0.05, 0) is 24.6 Å². The summed E-state index contributed by atoms with van der Waals surface area (Å²) in [5.74, 6) is 0.596. The van der Waals surface area contributed by atoms with Gasteiger partial charge in [0.2, 0.25) is 6.08 Å². The summed E-state index contributed by atoms with van der Waals surface area (Å²) in [4.78, 5) is 13.5. The van der Waals surface area contributed by atoms with Gasteiger partial charge < -0.3 is 4.74 Å². The molecule has 0 aliphatic rings. The molecular formula is C9H9NO2. The second-order valence-electron chi connectivity index (χ2n) is 2.38. The SMILES string of the molecule is COc1cc(C)ccc1N=C=O. The summed E-state index contributed by atoms with van der Waals surface area (Å²) in [5, 5.41) is 0. The molecule has 3 heteroatoms. The molecule has 0 saturated carbocycles. The van der Waals surface area contributed by atoms with E-state index in [1.807, 2.05) is 19.1 Å². The molecule has 1 aromatic carbocycles. The van der Waals surface area contributed by atoms with Gasteiger partial charge in [-0.15, -0.1) is 0 Å². The number of ether oxygens (including phenoxy) is 1. The Hall–Kier alpha value is -1.60. The highest BCUT2D eigenvalue weighted by molar-refractivity contribution is 5.58. The second-order valence-corrected chi connectivity index (χ2v) is 2.38. The van der Waals surface area contributed by atoms with Crippen molar-refractivity contribution in [3.05, 3.63) is 23.8 Å². The molecule has 1 aromatic rings. The molecule has 0 N–H and O–H groups in total. The minimum atomic E-state index is 0.512. The van der Waals surface area contributed by atoms with Gasteiger partial charge in [0.15, 0.2) is 0 Å². The van der Waals surface area contributed by atoms with Crippen molar-refractivity contribution in [2.45, 2.75) is 6.92 Å². The summed E-state index contributed by atoms with van der Waals surface area (Å²) < 4.78 is 5.01. The zero-order chi connectivity index (χ0) is 8.97. The molecule has 0 aliphatic carbocycles. The summed E-state index contributed by atoms with van der Waals surface area (Å²) in [5.41, 5.74) is 1.58. The molecule has 12 heavy (non-hydrogen) atoms. The summed E-state index contributed by atoms with van der Waals surface area (Å²) in [7, 11) is 1.54. The van der Waals surface area contributed by atoms with Gasteiger partial charge in [0, 0.05) is 0 Å². The van der Waals surface area contributed by atoms with Gasteiger partial charge in [0.25, 0.3) is 0 Å². The Balaban J connectivity index is 3.19. The Morgan fingerprint density at radius 1 is 1.50 bits per heavy atom. The molecule has 0 bridgehead atoms. The smallest absolute Gasteiger partial charge is 0.240 e. The van der Waals surface area contributed by atoms with Crippen LogP contribution in [0.4, 0.5) is 5.69 Å². The highest BCUT2D eigenvalue weighted by atomic mass is 16.5. The number of benzene rings is 1. The Morgan fingerprint density at radius 2 is 2.25 bits per heavy atom. The molecular weight excluding hydrogens is 154 g/mol. The van der Waals surface area contributed by atoms with E-state index in [9.17, 15) is 4.79 Å². The third-order valence-corrected chi connectivity index (χ3v) is 1.50. The minimum absolute atomic E-state index is 0.512. The monoisotopic (exact) mass is 163 g/mol. The number of hydrogen-bond acceptors (Lipinski definition) is 3. The molecule has 0 aliphatic heterocycles. The summed E-state index contributed by atoms with van der Waals surface area (Å²) in [6.07, 6.45) is 1.47. The van der Waals surface area contributed by atoms with Crippen LogP contribution in [0.2, 0.25) is 0 Å². The van der Waals surface area contributed by atoms with Crippen LogP contribution in [-0.2, 0) is 4.79 Å². The van der Waals surface area contributed by atoms with Crippen molar-refractivity contribution in [2.24, 2.45) is 4.99 Å². The van der Waals surface area contributed by atoms with Gasteiger partial charge in [-0.3, -0.25) is 0 Å². The Labute approximate surface area is 70.7 Å². The number of nitrogens with zero attached hydrogens (tertiary/aromatic N) is 1. The van der Waals surface area contributed by atoms with E-state index in [1.165, 1.54) is 6.08 Å². The van der Waals surface area contributed by atoms with Crippen LogP contribution in [0.25, 0.3) is 0 Å². The van der Waals surface area contributed by atoms with Crippen molar-refractivity contribution in [1.29, 1.82) is 0 Å². The molecule has 0 atom stereocenters. The third kappa shape index (κ3) is 1.71. The van der Waals surface area contributed by atoms with Crippen molar-refractivity contribution in [2.75, 3.05) is 7.11 Å².